The van der Waals surface area contributed by atoms with Crippen LogP contribution < -0.4 is 9.46 Å². The quantitative estimate of drug-likeness (QED) is 0.749. The Balaban J connectivity index is 1.52. The molecule has 3 heterocycles. The molecule has 3 aromatic rings. The van der Waals surface area contributed by atoms with Gasteiger partial charge in [-0.1, -0.05) is 0 Å². The van der Waals surface area contributed by atoms with E-state index in [4.69, 9.17) is 4.74 Å². The maximum absolute atomic E-state index is 12.6. The molecule has 0 aliphatic carbocycles. The molecule has 6 nitrogen and oxygen atoms in total. The van der Waals surface area contributed by atoms with E-state index >= 15 is 0 Å². The third-order valence-corrected chi connectivity index (χ3v) is 5.64. The fourth-order valence-corrected chi connectivity index (χ4v) is 3.92. The van der Waals surface area contributed by atoms with Crippen molar-refractivity contribution < 1.29 is 13.2 Å². The van der Waals surface area contributed by atoms with Crippen LogP contribution in [0.15, 0.2) is 66.0 Å². The lowest BCUT2D eigenvalue weighted by Crippen LogP contribution is -2.23. The van der Waals surface area contributed by atoms with Gasteiger partial charge >= 0.3 is 0 Å². The average molecular weight is 367 g/mol. The molecule has 1 aliphatic heterocycles. The minimum Gasteiger partial charge on any atom is -0.493 e. The maximum atomic E-state index is 12.6. The van der Waals surface area contributed by atoms with Crippen LogP contribution in [0.5, 0.6) is 5.75 Å². The molecule has 132 valence electrons. The molecule has 0 saturated carbocycles. The first kappa shape index (κ1) is 16.7. The molecule has 2 aromatic heterocycles. The van der Waals surface area contributed by atoms with Gasteiger partial charge in [0.1, 0.15) is 5.75 Å². The average Bonchev–Trinajstić information content (AvgIpc) is 3.15. The fraction of sp³-hybridized carbons (Fsp3) is 0.158. The highest BCUT2D eigenvalue weighted by Gasteiger charge is 2.19. The second-order valence-corrected chi connectivity index (χ2v) is 7.74. The molecular weight excluding hydrogens is 350 g/mol. The summed E-state index contributed by atoms with van der Waals surface area (Å²) in [5, 5.41) is 0. The lowest BCUT2D eigenvalue weighted by Gasteiger charge is -2.09. The van der Waals surface area contributed by atoms with Gasteiger partial charge < -0.3 is 4.74 Å². The van der Waals surface area contributed by atoms with Gasteiger partial charge in [0.05, 0.1) is 17.2 Å². The van der Waals surface area contributed by atoms with Crippen molar-refractivity contribution in [3.8, 4) is 17.0 Å². The topological polar surface area (TPSA) is 81.2 Å². The van der Waals surface area contributed by atoms with Gasteiger partial charge in [0.2, 0.25) is 10.0 Å². The van der Waals surface area contributed by atoms with E-state index in [1.165, 1.54) is 0 Å². The summed E-state index contributed by atoms with van der Waals surface area (Å²) in [6.45, 7) is 0.789. The van der Waals surface area contributed by atoms with Crippen LogP contribution in [0.1, 0.15) is 11.1 Å². The van der Waals surface area contributed by atoms with Crippen molar-refractivity contribution in [1.82, 2.24) is 14.7 Å². The van der Waals surface area contributed by atoms with E-state index in [2.05, 4.69) is 14.7 Å². The molecule has 0 spiro atoms. The molecule has 7 heteroatoms. The van der Waals surface area contributed by atoms with Crippen LogP contribution in [0.3, 0.4) is 0 Å². The Hall–Kier alpha value is -2.77. The zero-order chi connectivity index (χ0) is 18.0. The number of nitrogens with one attached hydrogen (secondary N) is 1. The molecule has 1 aliphatic rings. The van der Waals surface area contributed by atoms with E-state index in [1.54, 1.807) is 42.9 Å². The Morgan fingerprint density at radius 1 is 1.04 bits per heavy atom. The largest absolute Gasteiger partial charge is 0.493 e. The second-order valence-electron chi connectivity index (χ2n) is 5.98. The molecule has 0 atom stereocenters. The Morgan fingerprint density at radius 2 is 1.88 bits per heavy atom. The van der Waals surface area contributed by atoms with Gasteiger partial charge in [-0.15, -0.1) is 0 Å². The molecule has 0 fully saturated rings. The van der Waals surface area contributed by atoms with Crippen LogP contribution in [0, 0.1) is 0 Å². The summed E-state index contributed by atoms with van der Waals surface area (Å²) < 4.78 is 33.2. The Morgan fingerprint density at radius 3 is 2.73 bits per heavy atom. The number of nitrogens with zero attached hydrogens (tertiary/aromatic N) is 2. The van der Waals surface area contributed by atoms with Gasteiger partial charge in [-0.2, -0.15) is 0 Å². The van der Waals surface area contributed by atoms with E-state index in [1.807, 2.05) is 18.2 Å². The third-order valence-electron chi connectivity index (χ3n) is 4.24. The maximum Gasteiger partial charge on any atom is 0.240 e. The lowest BCUT2D eigenvalue weighted by molar-refractivity contribution is 0.356. The molecule has 1 aromatic carbocycles. The molecule has 0 radical (unpaired) electrons. The van der Waals surface area contributed by atoms with Crippen LogP contribution in [-0.4, -0.2) is 25.0 Å². The highest BCUT2D eigenvalue weighted by Crippen LogP contribution is 2.27. The van der Waals surface area contributed by atoms with Crippen LogP contribution in [0.2, 0.25) is 0 Å². The lowest BCUT2D eigenvalue weighted by atomic mass is 10.1. The highest BCUT2D eigenvalue weighted by molar-refractivity contribution is 7.89. The normalized spacial score (nSPS) is 13.2. The predicted octanol–water partition coefficient (Wildman–Crippen LogP) is 2.56. The first-order chi connectivity index (χ1) is 12.6. The van der Waals surface area contributed by atoms with Crippen LogP contribution in [0.4, 0.5) is 0 Å². The zero-order valence-corrected chi connectivity index (χ0v) is 14.7. The molecule has 0 amide bonds. The summed E-state index contributed by atoms with van der Waals surface area (Å²) in [5.41, 5.74) is 3.47. The highest BCUT2D eigenvalue weighted by atomic mass is 32.2. The Labute approximate surface area is 151 Å². The number of benzene rings is 1. The van der Waals surface area contributed by atoms with Crippen LogP contribution >= 0.6 is 0 Å². The molecule has 26 heavy (non-hydrogen) atoms. The SMILES string of the molecule is O=S(=O)(NCc1ccnc(-c2ccncc2)c1)c1ccc2c(c1)CCO2. The minimum absolute atomic E-state index is 0.191. The van der Waals surface area contributed by atoms with Gasteiger partial charge in [-0.05, 0) is 53.6 Å². The zero-order valence-electron chi connectivity index (χ0n) is 13.9. The first-order valence-electron chi connectivity index (χ1n) is 8.22. The van der Waals surface area contributed by atoms with E-state index < -0.39 is 10.0 Å². The van der Waals surface area contributed by atoms with Gasteiger partial charge in [0.25, 0.3) is 0 Å². The first-order valence-corrected chi connectivity index (χ1v) is 9.71. The summed E-state index contributed by atoms with van der Waals surface area (Å²) in [6, 6.07) is 12.4. The smallest absolute Gasteiger partial charge is 0.240 e. The number of hydrogen-bond donors (Lipinski definition) is 1. The third kappa shape index (κ3) is 3.44. The number of aromatic nitrogens is 2. The Bertz CT molecular complexity index is 1040. The van der Waals surface area contributed by atoms with Crippen molar-refractivity contribution in [2.45, 2.75) is 17.9 Å². The number of sulfonamides is 1. The van der Waals surface area contributed by atoms with Crippen molar-refractivity contribution >= 4 is 10.0 Å². The van der Waals surface area contributed by atoms with E-state index in [-0.39, 0.29) is 11.4 Å². The molecule has 4 rings (SSSR count). The van der Waals surface area contributed by atoms with E-state index in [0.29, 0.717) is 6.61 Å². The second kappa shape index (κ2) is 6.86. The van der Waals surface area contributed by atoms with Gasteiger partial charge in [0.15, 0.2) is 0 Å². The van der Waals surface area contributed by atoms with E-state index in [0.717, 1.165) is 34.6 Å². The van der Waals surface area contributed by atoms with Crippen molar-refractivity contribution in [2.24, 2.45) is 0 Å². The molecule has 1 N–H and O–H groups in total. The summed E-state index contributed by atoms with van der Waals surface area (Å²) >= 11 is 0. The Kier molecular flexibility index (Phi) is 4.40. The molecule has 0 bridgehead atoms. The van der Waals surface area contributed by atoms with Crippen molar-refractivity contribution in [3.05, 3.63) is 72.2 Å². The van der Waals surface area contributed by atoms with Crippen LogP contribution in [-0.2, 0) is 23.0 Å². The number of ether oxygens (including phenoxy) is 1. The minimum atomic E-state index is -3.59. The summed E-state index contributed by atoms with van der Waals surface area (Å²) in [7, 11) is -3.59. The summed E-state index contributed by atoms with van der Waals surface area (Å²) in [4.78, 5) is 8.58. The van der Waals surface area contributed by atoms with Crippen molar-refractivity contribution in [2.75, 3.05) is 6.61 Å². The van der Waals surface area contributed by atoms with Gasteiger partial charge in [0, 0.05) is 37.1 Å². The van der Waals surface area contributed by atoms with Crippen molar-refractivity contribution in [3.63, 3.8) is 0 Å². The number of fused-ring (bicyclic) bond motifs is 1. The van der Waals surface area contributed by atoms with E-state index in [9.17, 15) is 8.42 Å². The number of hydrogen-bond acceptors (Lipinski definition) is 5. The molecule has 0 unspecified atom stereocenters. The number of rotatable bonds is 5. The summed E-state index contributed by atoms with van der Waals surface area (Å²) in [6.07, 6.45) is 5.80. The van der Waals surface area contributed by atoms with Gasteiger partial charge in [-0.3, -0.25) is 9.97 Å². The standard InChI is InChI=1S/C19H17N3O3S/c23-26(24,17-1-2-19-16(12-17)6-10-25-19)22-13-14-3-9-21-18(11-14)15-4-7-20-8-5-15/h1-5,7-9,11-12,22H,6,10,13H2. The summed E-state index contributed by atoms with van der Waals surface area (Å²) in [5.74, 6) is 0.764. The number of pyridine rings is 2. The van der Waals surface area contributed by atoms with Gasteiger partial charge in [-0.25, -0.2) is 13.1 Å². The van der Waals surface area contributed by atoms with Crippen LogP contribution in [0.25, 0.3) is 11.3 Å². The molecular formula is C19H17N3O3S. The predicted molar refractivity (Wildman–Crippen MR) is 97.1 cm³/mol. The monoisotopic (exact) mass is 367 g/mol. The van der Waals surface area contributed by atoms with Crippen molar-refractivity contribution in [1.29, 1.82) is 0 Å². The fourth-order valence-electron chi connectivity index (χ4n) is 2.86. The molecule has 0 saturated heterocycles.